The van der Waals surface area contributed by atoms with Gasteiger partial charge in [0.2, 0.25) is 0 Å². The average molecular weight is 475 g/mol. The van der Waals surface area contributed by atoms with Gasteiger partial charge in [-0.2, -0.15) is 0 Å². The van der Waals surface area contributed by atoms with E-state index < -0.39 is 28.8 Å². The Morgan fingerprint density at radius 3 is 2.29 bits per heavy atom. The van der Waals surface area contributed by atoms with Crippen LogP contribution in [-0.4, -0.2) is 27.7 Å². The third kappa shape index (κ3) is 4.77. The molecule has 2 aromatic carbocycles. The number of rotatable bonds is 5. The fourth-order valence-corrected chi connectivity index (χ4v) is 3.26. The normalized spacial score (nSPS) is 11.1. The largest absolute Gasteiger partial charge is 0.474 e. The lowest BCUT2D eigenvalue weighted by molar-refractivity contribution is 0.0833. The zero-order valence-corrected chi connectivity index (χ0v) is 18.5. The first kappa shape index (κ1) is 24.5. The first-order chi connectivity index (χ1) is 14.0. The summed E-state index contributed by atoms with van der Waals surface area (Å²) in [5, 5.41) is 11.0. The number of nitrogens with one attached hydrogen (secondary N) is 1. The molecule has 0 bridgehead atoms. The second-order valence-electron chi connectivity index (χ2n) is 6.99. The minimum Gasteiger partial charge on any atom is -0.474 e. The number of halogens is 5. The van der Waals surface area contributed by atoms with Crippen molar-refractivity contribution in [2.45, 2.75) is 19.4 Å². The summed E-state index contributed by atoms with van der Waals surface area (Å²) in [6.45, 7) is 3.08. The Morgan fingerprint density at radius 1 is 1.13 bits per heavy atom. The van der Waals surface area contributed by atoms with E-state index in [4.69, 9.17) is 16.3 Å². The number of aromatic nitrogens is 3. The van der Waals surface area contributed by atoms with E-state index in [-0.39, 0.29) is 29.2 Å². The van der Waals surface area contributed by atoms with Gasteiger partial charge in [0, 0.05) is 37.4 Å². The maximum Gasteiger partial charge on any atom is 0.251 e. The van der Waals surface area contributed by atoms with Gasteiger partial charge in [0.1, 0.15) is 5.82 Å². The van der Waals surface area contributed by atoms with Crippen LogP contribution in [0.5, 0.6) is 5.75 Å². The van der Waals surface area contributed by atoms with Crippen molar-refractivity contribution in [1.82, 2.24) is 20.1 Å². The Morgan fingerprint density at radius 2 is 1.74 bits per heavy atom. The summed E-state index contributed by atoms with van der Waals surface area (Å²) in [6.07, 6.45) is 0. The van der Waals surface area contributed by atoms with E-state index >= 15 is 0 Å². The number of carbonyl (C=O) groups excluding carboxylic acids is 1. The van der Waals surface area contributed by atoms with Crippen molar-refractivity contribution in [2.24, 2.45) is 7.05 Å². The zero-order chi connectivity index (χ0) is 22.2. The molecule has 11 heteroatoms. The number of benzene rings is 2. The minimum atomic E-state index is -1.33. The first-order valence-corrected chi connectivity index (χ1v) is 9.18. The maximum absolute atomic E-state index is 14.0. The van der Waals surface area contributed by atoms with Crippen LogP contribution in [0, 0.1) is 17.5 Å². The molecular formula is C20H19Cl2F3N4O2. The average Bonchev–Trinajstić information content (AvgIpc) is 3.06. The number of ether oxygens (including phenoxy) is 1. The molecule has 0 atom stereocenters. The fraction of sp³-hybridized carbons (Fsp3) is 0.250. The molecule has 3 rings (SSSR count). The van der Waals surface area contributed by atoms with E-state index in [1.807, 2.05) is 0 Å². The van der Waals surface area contributed by atoms with Crippen molar-refractivity contribution < 1.29 is 22.7 Å². The lowest BCUT2D eigenvalue weighted by atomic mass is 10.1. The third-order valence-electron chi connectivity index (χ3n) is 4.43. The molecule has 1 heterocycles. The molecule has 0 saturated heterocycles. The second kappa shape index (κ2) is 9.15. The third-order valence-corrected chi connectivity index (χ3v) is 4.75. The highest BCUT2D eigenvalue weighted by atomic mass is 35.5. The predicted octanol–water partition coefficient (Wildman–Crippen LogP) is 4.65. The van der Waals surface area contributed by atoms with Crippen LogP contribution in [0.1, 0.15) is 30.0 Å². The van der Waals surface area contributed by atoms with E-state index in [0.29, 0.717) is 29.1 Å². The molecule has 0 aliphatic carbocycles. The van der Waals surface area contributed by atoms with Gasteiger partial charge in [0.05, 0.1) is 5.02 Å². The number of hydrogen-bond acceptors (Lipinski definition) is 4. The van der Waals surface area contributed by atoms with Crippen molar-refractivity contribution in [3.8, 4) is 17.1 Å². The van der Waals surface area contributed by atoms with E-state index in [1.165, 1.54) is 13.1 Å². The lowest BCUT2D eigenvalue weighted by Crippen LogP contribution is -2.30. The van der Waals surface area contributed by atoms with Crippen LogP contribution < -0.4 is 10.1 Å². The number of amides is 1. The standard InChI is InChI=1S/C20H18ClF3N4O2.ClH/c1-20(2,30-16-14(23)8-11(22)9-15(16)24)19-27-26-17(28(19)4)12-6-5-10(7-13(12)21)18(29)25-3;/h5-9H,1-4H3,(H,25,29);1H. The van der Waals surface area contributed by atoms with Gasteiger partial charge in [0.15, 0.2) is 34.6 Å². The summed E-state index contributed by atoms with van der Waals surface area (Å²) in [5.41, 5.74) is -0.450. The van der Waals surface area contributed by atoms with Gasteiger partial charge >= 0.3 is 0 Å². The molecule has 1 amide bonds. The summed E-state index contributed by atoms with van der Waals surface area (Å²) in [7, 11) is 3.14. The predicted molar refractivity (Wildman–Crippen MR) is 112 cm³/mol. The monoisotopic (exact) mass is 474 g/mol. The fourth-order valence-electron chi connectivity index (χ4n) is 3.00. The summed E-state index contributed by atoms with van der Waals surface area (Å²) in [5.74, 6) is -3.81. The molecular weight excluding hydrogens is 456 g/mol. The number of carbonyl (C=O) groups is 1. The molecule has 0 aliphatic heterocycles. The lowest BCUT2D eigenvalue weighted by Gasteiger charge is -2.26. The quantitative estimate of drug-likeness (QED) is 0.584. The maximum atomic E-state index is 14.0. The van der Waals surface area contributed by atoms with Crippen LogP contribution in [0.25, 0.3) is 11.4 Å². The molecule has 6 nitrogen and oxygen atoms in total. The topological polar surface area (TPSA) is 69.0 Å². The highest BCUT2D eigenvalue weighted by molar-refractivity contribution is 6.33. The van der Waals surface area contributed by atoms with Crippen molar-refractivity contribution in [3.05, 3.63) is 64.2 Å². The van der Waals surface area contributed by atoms with Crippen LogP contribution in [0.2, 0.25) is 5.02 Å². The van der Waals surface area contributed by atoms with Crippen LogP contribution >= 0.6 is 24.0 Å². The second-order valence-corrected chi connectivity index (χ2v) is 7.40. The molecule has 31 heavy (non-hydrogen) atoms. The summed E-state index contributed by atoms with van der Waals surface area (Å²) in [4.78, 5) is 11.8. The zero-order valence-electron chi connectivity index (χ0n) is 17.0. The first-order valence-electron chi connectivity index (χ1n) is 8.80. The highest BCUT2D eigenvalue weighted by Crippen LogP contribution is 2.34. The molecule has 3 aromatic rings. The van der Waals surface area contributed by atoms with Crippen molar-refractivity contribution in [2.75, 3.05) is 7.05 Å². The Hall–Kier alpha value is -2.78. The Bertz CT molecular complexity index is 1110. The molecule has 0 saturated carbocycles. The van der Waals surface area contributed by atoms with E-state index in [2.05, 4.69) is 15.5 Å². The molecule has 0 aliphatic rings. The van der Waals surface area contributed by atoms with Crippen LogP contribution in [0.15, 0.2) is 30.3 Å². The summed E-state index contributed by atoms with van der Waals surface area (Å²) in [6, 6.07) is 5.76. The van der Waals surface area contributed by atoms with Gasteiger partial charge in [-0.3, -0.25) is 4.79 Å². The molecule has 166 valence electrons. The Kier molecular flexibility index (Phi) is 7.23. The molecule has 1 aromatic heterocycles. The van der Waals surface area contributed by atoms with Gasteiger partial charge in [0.25, 0.3) is 5.91 Å². The Balaban J connectivity index is 0.00000341. The van der Waals surface area contributed by atoms with Crippen molar-refractivity contribution in [1.29, 1.82) is 0 Å². The van der Waals surface area contributed by atoms with Crippen molar-refractivity contribution >= 4 is 29.9 Å². The molecule has 0 spiro atoms. The van der Waals surface area contributed by atoms with Crippen LogP contribution in [0.3, 0.4) is 0 Å². The summed E-state index contributed by atoms with van der Waals surface area (Å²) >= 11 is 6.32. The van der Waals surface area contributed by atoms with E-state index in [0.717, 1.165) is 0 Å². The van der Waals surface area contributed by atoms with Gasteiger partial charge in [-0.15, -0.1) is 22.6 Å². The molecule has 1 N–H and O–H groups in total. The highest BCUT2D eigenvalue weighted by Gasteiger charge is 2.32. The van der Waals surface area contributed by atoms with Gasteiger partial charge in [-0.05, 0) is 32.0 Å². The van der Waals surface area contributed by atoms with Crippen molar-refractivity contribution in [3.63, 3.8) is 0 Å². The minimum absolute atomic E-state index is 0. The summed E-state index contributed by atoms with van der Waals surface area (Å²) < 4.78 is 48.2. The number of nitrogens with zero attached hydrogens (tertiary/aromatic N) is 3. The SMILES string of the molecule is CNC(=O)c1ccc(-c2nnc(C(C)(C)Oc3c(F)cc(F)cc3F)n2C)c(Cl)c1.Cl. The molecule has 0 unspecified atom stereocenters. The van der Waals surface area contributed by atoms with Gasteiger partial charge < -0.3 is 14.6 Å². The smallest absolute Gasteiger partial charge is 0.251 e. The number of hydrogen-bond donors (Lipinski definition) is 1. The van der Waals surface area contributed by atoms with Crippen LogP contribution in [0.4, 0.5) is 13.2 Å². The van der Waals surface area contributed by atoms with E-state index in [1.54, 1.807) is 37.6 Å². The van der Waals surface area contributed by atoms with Crippen LogP contribution in [-0.2, 0) is 12.6 Å². The Labute approximate surface area is 187 Å². The van der Waals surface area contributed by atoms with Gasteiger partial charge in [-0.25, -0.2) is 13.2 Å². The molecule has 0 radical (unpaired) electrons. The van der Waals surface area contributed by atoms with Gasteiger partial charge in [-0.1, -0.05) is 11.6 Å². The molecule has 0 fully saturated rings. The van der Waals surface area contributed by atoms with E-state index in [9.17, 15) is 18.0 Å².